The Hall–Kier alpha value is -3.97. The van der Waals surface area contributed by atoms with Crippen molar-refractivity contribution >= 4 is 33.8 Å². The van der Waals surface area contributed by atoms with Crippen LogP contribution in [0.4, 0.5) is 5.69 Å². The number of nitrogens with one attached hydrogen (secondary N) is 2. The van der Waals surface area contributed by atoms with E-state index in [1.807, 2.05) is 49.8 Å². The highest BCUT2D eigenvalue weighted by Gasteiger charge is 2.20. The van der Waals surface area contributed by atoms with Gasteiger partial charge in [0.1, 0.15) is 5.01 Å². The van der Waals surface area contributed by atoms with Crippen molar-refractivity contribution in [2.24, 2.45) is 0 Å². The number of fused-ring (bicyclic) bond motifs is 1. The first-order valence-corrected chi connectivity index (χ1v) is 12.4. The predicted molar refractivity (Wildman–Crippen MR) is 143 cm³/mol. The van der Waals surface area contributed by atoms with Gasteiger partial charge in [-0.2, -0.15) is 0 Å². The summed E-state index contributed by atoms with van der Waals surface area (Å²) >= 11 is 1.51. The van der Waals surface area contributed by atoms with E-state index in [4.69, 9.17) is 0 Å². The summed E-state index contributed by atoms with van der Waals surface area (Å²) in [6.07, 6.45) is 4.05. The second-order valence-electron chi connectivity index (χ2n) is 8.67. The normalized spacial score (nSPS) is 11.9. The van der Waals surface area contributed by atoms with Crippen LogP contribution < -0.4 is 10.2 Å². The fraction of sp³-hybridized carbons (Fsp3) is 0.179. The van der Waals surface area contributed by atoms with E-state index in [-0.39, 0.29) is 18.2 Å². The van der Waals surface area contributed by atoms with Crippen LogP contribution in [0.1, 0.15) is 22.7 Å². The maximum atomic E-state index is 12.9. The third-order valence-corrected chi connectivity index (χ3v) is 7.00. The van der Waals surface area contributed by atoms with Gasteiger partial charge in [-0.15, -0.1) is 11.3 Å². The van der Waals surface area contributed by atoms with Gasteiger partial charge in [-0.25, -0.2) is 4.98 Å². The number of hydrogen-bond acceptors (Lipinski definition) is 5. The lowest BCUT2D eigenvalue weighted by Gasteiger charge is -2.20. The van der Waals surface area contributed by atoms with Crippen LogP contribution in [0.15, 0.2) is 84.5 Å². The number of H-pyrrole nitrogens is 1. The van der Waals surface area contributed by atoms with Crippen molar-refractivity contribution in [1.29, 1.82) is 0 Å². The average Bonchev–Trinajstić information content (AvgIpc) is 3.53. The number of anilines is 1. The lowest BCUT2D eigenvalue weighted by Crippen LogP contribution is -2.30. The molecule has 0 saturated carbocycles. The minimum absolute atomic E-state index is 0.0193. The Morgan fingerprint density at radius 2 is 1.86 bits per heavy atom. The van der Waals surface area contributed by atoms with Crippen LogP contribution in [0.5, 0.6) is 0 Å². The molecule has 2 aromatic carbocycles. The number of amides is 1. The summed E-state index contributed by atoms with van der Waals surface area (Å²) < 4.78 is 0. The van der Waals surface area contributed by atoms with E-state index in [2.05, 4.69) is 67.8 Å². The van der Waals surface area contributed by atoms with Crippen molar-refractivity contribution in [2.75, 3.05) is 25.5 Å². The molecule has 1 atom stereocenters. The molecule has 0 aliphatic rings. The molecule has 0 bridgehead atoms. The fourth-order valence-electron chi connectivity index (χ4n) is 4.23. The number of thiazole rings is 1. The molecule has 176 valence electrons. The van der Waals surface area contributed by atoms with E-state index >= 15 is 0 Å². The Balaban J connectivity index is 1.34. The molecule has 0 fully saturated rings. The van der Waals surface area contributed by atoms with Crippen molar-refractivity contribution < 1.29 is 4.79 Å². The molecule has 3 aromatic heterocycles. The molecule has 0 spiro atoms. The van der Waals surface area contributed by atoms with Gasteiger partial charge in [0.05, 0.1) is 17.8 Å². The highest BCUT2D eigenvalue weighted by molar-refractivity contribution is 7.13. The van der Waals surface area contributed by atoms with Crippen LogP contribution in [-0.2, 0) is 11.2 Å². The number of aromatic nitrogens is 3. The van der Waals surface area contributed by atoms with E-state index in [9.17, 15) is 4.79 Å². The van der Waals surface area contributed by atoms with Crippen molar-refractivity contribution in [3.8, 4) is 10.7 Å². The number of para-hydroxylation sites is 1. The Labute approximate surface area is 208 Å². The van der Waals surface area contributed by atoms with Gasteiger partial charge in [-0.1, -0.05) is 36.4 Å². The van der Waals surface area contributed by atoms with Crippen LogP contribution in [0, 0.1) is 0 Å². The summed E-state index contributed by atoms with van der Waals surface area (Å²) in [5, 5.41) is 7.08. The van der Waals surface area contributed by atoms with Crippen LogP contribution in [-0.4, -0.2) is 41.5 Å². The van der Waals surface area contributed by atoms with Crippen molar-refractivity contribution in [3.63, 3.8) is 0 Å². The van der Waals surface area contributed by atoms with E-state index in [0.29, 0.717) is 6.54 Å². The molecule has 1 unspecified atom stereocenters. The number of benzene rings is 2. The van der Waals surface area contributed by atoms with E-state index in [1.54, 1.807) is 6.20 Å². The summed E-state index contributed by atoms with van der Waals surface area (Å²) in [4.78, 5) is 27.3. The highest BCUT2D eigenvalue weighted by atomic mass is 32.1. The third kappa shape index (κ3) is 5.10. The summed E-state index contributed by atoms with van der Waals surface area (Å²) in [6.45, 7) is 0.499. The number of aromatic amines is 1. The molecule has 7 heteroatoms. The van der Waals surface area contributed by atoms with Crippen molar-refractivity contribution in [1.82, 2.24) is 20.3 Å². The van der Waals surface area contributed by atoms with E-state index in [1.165, 1.54) is 22.3 Å². The molecule has 1 amide bonds. The maximum absolute atomic E-state index is 12.9. The van der Waals surface area contributed by atoms with E-state index in [0.717, 1.165) is 33.2 Å². The van der Waals surface area contributed by atoms with Gasteiger partial charge in [0, 0.05) is 60.9 Å². The Morgan fingerprint density at radius 3 is 2.63 bits per heavy atom. The molecule has 0 aliphatic heterocycles. The molecule has 0 saturated heterocycles. The monoisotopic (exact) mass is 481 g/mol. The zero-order chi connectivity index (χ0) is 24.2. The zero-order valence-electron chi connectivity index (χ0n) is 19.7. The van der Waals surface area contributed by atoms with Crippen LogP contribution >= 0.6 is 11.3 Å². The number of nitrogens with zero attached hydrogens (tertiary/aromatic N) is 3. The molecule has 3 heterocycles. The van der Waals surface area contributed by atoms with Crippen LogP contribution in [0.2, 0.25) is 0 Å². The average molecular weight is 482 g/mol. The second kappa shape index (κ2) is 10.1. The van der Waals surface area contributed by atoms with Gasteiger partial charge in [0.25, 0.3) is 0 Å². The predicted octanol–water partition coefficient (Wildman–Crippen LogP) is 5.24. The van der Waals surface area contributed by atoms with Gasteiger partial charge < -0.3 is 15.2 Å². The highest BCUT2D eigenvalue weighted by Crippen LogP contribution is 2.31. The summed E-state index contributed by atoms with van der Waals surface area (Å²) in [7, 11) is 4.06. The Kier molecular flexibility index (Phi) is 6.59. The number of pyridine rings is 1. The van der Waals surface area contributed by atoms with Gasteiger partial charge >= 0.3 is 0 Å². The lowest BCUT2D eigenvalue weighted by atomic mass is 9.90. The topological polar surface area (TPSA) is 73.9 Å². The maximum Gasteiger partial charge on any atom is 0.226 e. The second-order valence-corrected chi connectivity index (χ2v) is 9.53. The smallest absolute Gasteiger partial charge is 0.226 e. The SMILES string of the molecule is CN(C)c1ccc(C(CNC(=O)Cc2csc(-c3ccccn3)n2)c2c[nH]c3ccccc23)cc1. The summed E-state index contributed by atoms with van der Waals surface area (Å²) in [6, 6.07) is 22.5. The first-order chi connectivity index (χ1) is 17.1. The van der Waals surface area contributed by atoms with Gasteiger partial charge in [0.2, 0.25) is 5.91 Å². The molecule has 5 rings (SSSR count). The van der Waals surface area contributed by atoms with Gasteiger partial charge in [-0.3, -0.25) is 9.78 Å². The minimum atomic E-state index is -0.0439. The standard InChI is InChI=1S/C28H27N5OS/c1-33(2)21-12-10-19(11-13-21)23(24-17-30-25-8-4-3-7-22(24)25)16-31-27(34)15-20-18-35-28(32-20)26-9-5-6-14-29-26/h3-14,17-18,23,30H,15-16H2,1-2H3,(H,31,34). The van der Waals surface area contributed by atoms with E-state index < -0.39 is 0 Å². The molecule has 6 nitrogen and oxygen atoms in total. The van der Waals surface area contributed by atoms with Crippen molar-refractivity contribution in [3.05, 3.63) is 101 Å². The molecule has 0 radical (unpaired) electrons. The fourth-order valence-corrected chi connectivity index (χ4v) is 5.03. The largest absolute Gasteiger partial charge is 0.378 e. The molecular formula is C28H27N5OS. The summed E-state index contributed by atoms with van der Waals surface area (Å²) in [5.41, 5.74) is 6.14. The van der Waals surface area contributed by atoms with Crippen LogP contribution in [0.25, 0.3) is 21.6 Å². The Bertz CT molecular complexity index is 1420. The molecule has 5 aromatic rings. The minimum Gasteiger partial charge on any atom is -0.378 e. The van der Waals surface area contributed by atoms with Crippen molar-refractivity contribution in [2.45, 2.75) is 12.3 Å². The number of carbonyl (C=O) groups is 1. The quantitative estimate of drug-likeness (QED) is 0.318. The number of hydrogen-bond donors (Lipinski definition) is 2. The summed E-state index contributed by atoms with van der Waals surface area (Å²) in [5.74, 6) is -0.0246. The zero-order valence-corrected chi connectivity index (χ0v) is 20.5. The first kappa shape index (κ1) is 22.8. The Morgan fingerprint density at radius 1 is 1.06 bits per heavy atom. The van der Waals surface area contributed by atoms with Gasteiger partial charge in [0.15, 0.2) is 0 Å². The van der Waals surface area contributed by atoms with Crippen LogP contribution in [0.3, 0.4) is 0 Å². The lowest BCUT2D eigenvalue weighted by molar-refractivity contribution is -0.120. The molecular weight excluding hydrogens is 454 g/mol. The molecule has 2 N–H and O–H groups in total. The third-order valence-electron chi connectivity index (χ3n) is 6.09. The first-order valence-electron chi connectivity index (χ1n) is 11.5. The van der Waals surface area contributed by atoms with Gasteiger partial charge in [-0.05, 0) is 41.5 Å². The molecule has 35 heavy (non-hydrogen) atoms. The number of rotatable bonds is 8. The number of carbonyl (C=O) groups excluding carboxylic acids is 1. The molecule has 0 aliphatic carbocycles.